The fourth-order valence-electron chi connectivity index (χ4n) is 5.22. The van der Waals surface area contributed by atoms with E-state index in [0.29, 0.717) is 49.0 Å². The van der Waals surface area contributed by atoms with Crippen molar-refractivity contribution in [3.8, 4) is 0 Å². The highest BCUT2D eigenvalue weighted by atomic mass is 35.5. The van der Waals surface area contributed by atoms with Crippen molar-refractivity contribution in [2.24, 2.45) is 0 Å². The van der Waals surface area contributed by atoms with Crippen LogP contribution in [0.15, 0.2) is 48.7 Å². The molecule has 9 heteroatoms. The van der Waals surface area contributed by atoms with Gasteiger partial charge in [0.05, 0.1) is 22.8 Å². The standard InChI is InChI=1S/C27H31ClFN5O2/c1-30-8-10-31(11-9-30)21(19-35)17-34-18-23(22-7-6-20(28)16-26(22)34)27(36)33-14-12-32(13-15-33)25-5-3-2-4-24(25)29/h2-7,16,18-19,21H,8-15,17H2,1H3. The van der Waals surface area contributed by atoms with E-state index in [-0.39, 0.29) is 17.8 Å². The summed E-state index contributed by atoms with van der Waals surface area (Å²) in [6.45, 7) is 6.10. The highest BCUT2D eigenvalue weighted by Gasteiger charge is 2.28. The number of hydrogen-bond acceptors (Lipinski definition) is 5. The summed E-state index contributed by atoms with van der Waals surface area (Å²) in [7, 11) is 2.09. The normalized spacial score (nSPS) is 18.5. The molecule has 7 nitrogen and oxygen atoms in total. The molecule has 0 radical (unpaired) electrons. The van der Waals surface area contributed by atoms with Crippen molar-refractivity contribution in [2.45, 2.75) is 12.6 Å². The van der Waals surface area contributed by atoms with Crippen LogP contribution in [-0.2, 0) is 11.3 Å². The quantitative estimate of drug-likeness (QED) is 0.476. The zero-order valence-electron chi connectivity index (χ0n) is 20.4. The number of para-hydroxylation sites is 1. The van der Waals surface area contributed by atoms with E-state index >= 15 is 0 Å². The smallest absolute Gasteiger partial charge is 0.256 e. The summed E-state index contributed by atoms with van der Waals surface area (Å²) in [5.41, 5.74) is 2.01. The Hall–Kier alpha value is -2.94. The van der Waals surface area contributed by atoms with Crippen molar-refractivity contribution < 1.29 is 14.0 Å². The Morgan fingerprint density at radius 2 is 1.75 bits per heavy atom. The summed E-state index contributed by atoms with van der Waals surface area (Å²) in [5, 5.41) is 1.41. The van der Waals surface area contributed by atoms with Crippen molar-refractivity contribution >= 4 is 40.4 Å². The molecule has 0 aliphatic carbocycles. The molecule has 1 atom stereocenters. The van der Waals surface area contributed by atoms with Gasteiger partial charge in [-0.15, -0.1) is 0 Å². The van der Waals surface area contributed by atoms with Crippen LogP contribution < -0.4 is 4.90 Å². The molecule has 190 valence electrons. The Bertz CT molecular complexity index is 1250. The average molecular weight is 512 g/mol. The number of rotatable bonds is 6. The van der Waals surface area contributed by atoms with Gasteiger partial charge >= 0.3 is 0 Å². The lowest BCUT2D eigenvalue weighted by molar-refractivity contribution is -0.113. The Morgan fingerprint density at radius 3 is 2.44 bits per heavy atom. The molecule has 0 spiro atoms. The molecule has 0 bridgehead atoms. The third-order valence-corrected chi connectivity index (χ3v) is 7.62. The minimum atomic E-state index is -0.277. The Morgan fingerprint density at radius 1 is 1.03 bits per heavy atom. The topological polar surface area (TPSA) is 52.0 Å². The number of carbonyl (C=O) groups is 2. The molecule has 3 heterocycles. The zero-order valence-corrected chi connectivity index (χ0v) is 21.2. The maximum absolute atomic E-state index is 14.2. The maximum atomic E-state index is 14.2. The monoisotopic (exact) mass is 511 g/mol. The second kappa shape index (κ2) is 10.6. The summed E-state index contributed by atoms with van der Waals surface area (Å²) >= 11 is 6.32. The number of nitrogens with zero attached hydrogens (tertiary/aromatic N) is 5. The van der Waals surface area contributed by atoms with Gasteiger partial charge in [-0.05, 0) is 31.3 Å². The van der Waals surface area contributed by atoms with Crippen molar-refractivity contribution in [2.75, 3.05) is 64.3 Å². The van der Waals surface area contributed by atoms with Crippen molar-refractivity contribution in [3.63, 3.8) is 0 Å². The van der Waals surface area contributed by atoms with Gasteiger partial charge in [-0.1, -0.05) is 29.8 Å². The van der Waals surface area contributed by atoms with Crippen LogP contribution in [0.25, 0.3) is 10.9 Å². The molecule has 0 saturated carbocycles. The maximum Gasteiger partial charge on any atom is 0.256 e. The number of hydrogen-bond donors (Lipinski definition) is 0. The van der Waals surface area contributed by atoms with Gasteiger partial charge in [-0.2, -0.15) is 0 Å². The summed E-state index contributed by atoms with van der Waals surface area (Å²) in [6, 6.07) is 12.0. The number of aromatic nitrogens is 1. The number of halogens is 2. The lowest BCUT2D eigenvalue weighted by Gasteiger charge is -2.36. The van der Waals surface area contributed by atoms with E-state index < -0.39 is 0 Å². The van der Waals surface area contributed by atoms with Crippen molar-refractivity contribution in [1.29, 1.82) is 0 Å². The lowest BCUT2D eigenvalue weighted by atomic mass is 10.1. The van der Waals surface area contributed by atoms with E-state index in [0.717, 1.165) is 43.4 Å². The molecule has 2 fully saturated rings. The van der Waals surface area contributed by atoms with E-state index in [1.54, 1.807) is 18.2 Å². The van der Waals surface area contributed by atoms with Gasteiger partial charge in [0.25, 0.3) is 5.91 Å². The van der Waals surface area contributed by atoms with E-state index in [2.05, 4.69) is 16.8 Å². The molecule has 1 aromatic heterocycles. The minimum absolute atomic E-state index is 0.0588. The predicted octanol–water partition coefficient (Wildman–Crippen LogP) is 3.21. The van der Waals surface area contributed by atoms with Crippen LogP contribution in [0.1, 0.15) is 10.4 Å². The number of fused-ring (bicyclic) bond motifs is 1. The predicted molar refractivity (Wildman–Crippen MR) is 140 cm³/mol. The molecule has 2 aliphatic heterocycles. The molecule has 1 amide bonds. The second-order valence-electron chi connectivity index (χ2n) is 9.63. The van der Waals surface area contributed by atoms with Gasteiger partial charge in [0.1, 0.15) is 12.1 Å². The average Bonchev–Trinajstić information content (AvgIpc) is 3.25. The first-order chi connectivity index (χ1) is 17.4. The van der Waals surface area contributed by atoms with Gasteiger partial charge < -0.3 is 24.1 Å². The van der Waals surface area contributed by atoms with Crippen LogP contribution in [0.3, 0.4) is 0 Å². The molecular formula is C27H31ClFN5O2. The van der Waals surface area contributed by atoms with Crippen molar-refractivity contribution in [3.05, 3.63) is 65.1 Å². The van der Waals surface area contributed by atoms with Crippen LogP contribution in [-0.4, -0.2) is 96.9 Å². The fraction of sp³-hybridized carbons (Fsp3) is 0.407. The van der Waals surface area contributed by atoms with Crippen LogP contribution in [0.2, 0.25) is 5.02 Å². The lowest BCUT2D eigenvalue weighted by Crippen LogP contribution is -2.50. The molecule has 5 rings (SSSR count). The van der Waals surface area contributed by atoms with Crippen LogP contribution in [0, 0.1) is 5.82 Å². The Labute approximate surface area is 215 Å². The first-order valence-corrected chi connectivity index (χ1v) is 12.8. The summed E-state index contributed by atoms with van der Waals surface area (Å²) in [4.78, 5) is 33.9. The number of carbonyl (C=O) groups excluding carboxylic acids is 2. The molecule has 3 aromatic rings. The summed E-state index contributed by atoms with van der Waals surface area (Å²) in [6.07, 6.45) is 2.87. The highest BCUT2D eigenvalue weighted by molar-refractivity contribution is 6.31. The number of amides is 1. The molecular weight excluding hydrogens is 481 g/mol. The third-order valence-electron chi connectivity index (χ3n) is 7.38. The molecule has 2 aromatic carbocycles. The van der Waals surface area contributed by atoms with Gasteiger partial charge in [-0.3, -0.25) is 9.69 Å². The minimum Gasteiger partial charge on any atom is -0.366 e. The van der Waals surface area contributed by atoms with Crippen molar-refractivity contribution in [1.82, 2.24) is 19.3 Å². The van der Waals surface area contributed by atoms with E-state index in [4.69, 9.17) is 11.6 Å². The highest BCUT2D eigenvalue weighted by Crippen LogP contribution is 2.28. The Balaban J connectivity index is 1.36. The molecule has 2 aliphatic rings. The number of aldehydes is 1. The number of likely N-dealkylation sites (N-methyl/N-ethyl adjacent to an activating group) is 1. The first-order valence-electron chi connectivity index (χ1n) is 12.4. The SMILES string of the molecule is CN1CCN(C(C=O)Cn2cc(C(=O)N3CCN(c4ccccc4F)CC3)c3ccc(Cl)cc32)CC1. The molecule has 2 saturated heterocycles. The summed E-state index contributed by atoms with van der Waals surface area (Å²) in [5.74, 6) is -0.307. The number of piperazine rings is 2. The second-order valence-corrected chi connectivity index (χ2v) is 10.1. The largest absolute Gasteiger partial charge is 0.366 e. The first kappa shape index (κ1) is 24.7. The number of benzene rings is 2. The number of anilines is 1. The summed E-state index contributed by atoms with van der Waals surface area (Å²) < 4.78 is 16.2. The van der Waals surface area contributed by atoms with Crippen LogP contribution >= 0.6 is 11.6 Å². The zero-order chi connectivity index (χ0) is 25.2. The fourth-order valence-corrected chi connectivity index (χ4v) is 5.38. The molecule has 36 heavy (non-hydrogen) atoms. The van der Waals surface area contributed by atoms with Crippen LogP contribution in [0.5, 0.6) is 0 Å². The van der Waals surface area contributed by atoms with E-state index in [9.17, 15) is 14.0 Å². The van der Waals surface area contributed by atoms with Gasteiger partial charge in [0, 0.05) is 75.5 Å². The van der Waals surface area contributed by atoms with E-state index in [1.165, 1.54) is 6.07 Å². The third kappa shape index (κ3) is 4.98. The van der Waals surface area contributed by atoms with E-state index in [1.807, 2.05) is 38.8 Å². The van der Waals surface area contributed by atoms with Gasteiger partial charge in [0.15, 0.2) is 0 Å². The molecule has 0 N–H and O–H groups in total. The van der Waals surface area contributed by atoms with Gasteiger partial charge in [-0.25, -0.2) is 4.39 Å². The van der Waals surface area contributed by atoms with Gasteiger partial charge in [0.2, 0.25) is 0 Å². The Kier molecular flexibility index (Phi) is 7.27. The molecule has 1 unspecified atom stereocenters. The van der Waals surface area contributed by atoms with Crippen LogP contribution in [0.4, 0.5) is 10.1 Å².